The zero-order valence-electron chi connectivity index (χ0n) is 13.1. The highest BCUT2D eigenvalue weighted by molar-refractivity contribution is 8.13. The van der Waals surface area contributed by atoms with Gasteiger partial charge in [-0.15, -0.1) is 0 Å². The molecule has 2 rings (SSSR count). The molecule has 0 amide bonds. The van der Waals surface area contributed by atoms with E-state index in [9.17, 15) is 0 Å². The Bertz CT molecular complexity index is 774. The minimum atomic E-state index is 0.0301. The molecule has 2 aromatic carbocycles. The highest BCUT2D eigenvalue weighted by Crippen LogP contribution is 2.32. The van der Waals surface area contributed by atoms with E-state index in [1.165, 1.54) is 11.8 Å². The molecule has 0 aliphatic carbocycles. The van der Waals surface area contributed by atoms with E-state index in [2.05, 4.69) is 5.43 Å². The van der Waals surface area contributed by atoms with Gasteiger partial charge in [0.05, 0.1) is 0 Å². The van der Waals surface area contributed by atoms with Crippen molar-refractivity contribution in [1.29, 1.82) is 5.41 Å². The summed E-state index contributed by atoms with van der Waals surface area (Å²) in [7, 11) is 0. The molecule has 0 aliphatic rings. The summed E-state index contributed by atoms with van der Waals surface area (Å²) in [5, 5.41) is 8.07. The van der Waals surface area contributed by atoms with Crippen molar-refractivity contribution >= 4 is 45.9 Å². The number of ether oxygens (including phenoxy) is 2. The molecule has 0 aliphatic heterocycles. The van der Waals surface area contributed by atoms with E-state index in [1.807, 2.05) is 24.3 Å². The van der Waals surface area contributed by atoms with Gasteiger partial charge in [0, 0.05) is 21.9 Å². The summed E-state index contributed by atoms with van der Waals surface area (Å²) >= 11 is 12.1. The maximum atomic E-state index is 7.36. The van der Waals surface area contributed by atoms with Crippen molar-refractivity contribution < 1.29 is 9.47 Å². The van der Waals surface area contributed by atoms with Gasteiger partial charge in [0.2, 0.25) is 0 Å². The number of nitrogens with one attached hydrogen (secondary N) is 2. The number of rotatable bonds is 6. The van der Waals surface area contributed by atoms with Crippen LogP contribution in [-0.4, -0.2) is 10.3 Å². The van der Waals surface area contributed by atoms with Crippen LogP contribution < -0.4 is 21.7 Å². The summed E-state index contributed by atoms with van der Waals surface area (Å²) < 4.78 is 11.4. The number of thiocarbonyl (C=S) groups is 1. The van der Waals surface area contributed by atoms with E-state index in [0.29, 0.717) is 22.3 Å². The molecular formula is C16H17ClN4O2S2. The van der Waals surface area contributed by atoms with Crippen molar-refractivity contribution in [1.82, 2.24) is 5.43 Å². The Hall–Kier alpha value is -2.00. The van der Waals surface area contributed by atoms with Crippen molar-refractivity contribution in [3.05, 3.63) is 58.6 Å². The standard InChI is InChI=1S/C16H17ClN4O2S2/c17-12-5-6-14(11(7-12)9-25-15(18)19)23-13-4-2-1-3-10(13)8-22-16(24)21-20/h1-7H,8-9,20H2,(H3,18,19)(H,21,24). The van der Waals surface area contributed by atoms with E-state index in [0.717, 1.165) is 11.1 Å². The fraction of sp³-hybridized carbons (Fsp3) is 0.125. The van der Waals surface area contributed by atoms with Crippen LogP contribution in [0.25, 0.3) is 0 Å². The normalized spacial score (nSPS) is 10.2. The first-order valence-electron chi connectivity index (χ1n) is 7.14. The number of nitrogens with two attached hydrogens (primary N) is 2. The first-order chi connectivity index (χ1) is 12.0. The zero-order chi connectivity index (χ0) is 18.2. The molecule has 0 fully saturated rings. The van der Waals surface area contributed by atoms with Gasteiger partial charge in [0.15, 0.2) is 5.17 Å². The average Bonchev–Trinajstić information content (AvgIpc) is 2.60. The molecule has 6 N–H and O–H groups in total. The van der Waals surface area contributed by atoms with Crippen LogP contribution in [0.5, 0.6) is 11.5 Å². The molecule has 6 nitrogen and oxygen atoms in total. The summed E-state index contributed by atoms with van der Waals surface area (Å²) in [6.45, 7) is 0.213. The second kappa shape index (κ2) is 9.47. The summed E-state index contributed by atoms with van der Waals surface area (Å²) in [4.78, 5) is 0. The SMILES string of the molecule is N=C(N)SCc1cc(Cl)ccc1Oc1ccccc1COC(=S)NN. The maximum Gasteiger partial charge on any atom is 0.271 e. The number of hydrogen-bond acceptors (Lipinski definition) is 6. The van der Waals surface area contributed by atoms with Crippen molar-refractivity contribution in [3.8, 4) is 11.5 Å². The van der Waals surface area contributed by atoms with Gasteiger partial charge in [-0.05, 0) is 36.5 Å². The number of amidine groups is 1. The third kappa shape index (κ3) is 6.09. The molecule has 0 aromatic heterocycles. The molecule has 0 atom stereocenters. The minimum absolute atomic E-state index is 0.0301. The lowest BCUT2D eigenvalue weighted by atomic mass is 10.2. The van der Waals surface area contributed by atoms with E-state index >= 15 is 0 Å². The van der Waals surface area contributed by atoms with Crippen LogP contribution in [0.1, 0.15) is 11.1 Å². The quantitative estimate of drug-likeness (QED) is 0.194. The van der Waals surface area contributed by atoms with Gasteiger partial charge in [0.25, 0.3) is 5.17 Å². The maximum absolute atomic E-state index is 7.36. The van der Waals surface area contributed by atoms with Crippen LogP contribution in [0.4, 0.5) is 0 Å². The Morgan fingerprint density at radius 2 is 1.92 bits per heavy atom. The Morgan fingerprint density at radius 1 is 1.20 bits per heavy atom. The predicted molar refractivity (Wildman–Crippen MR) is 106 cm³/mol. The molecule has 9 heteroatoms. The zero-order valence-corrected chi connectivity index (χ0v) is 15.5. The van der Waals surface area contributed by atoms with Crippen molar-refractivity contribution in [2.75, 3.05) is 0 Å². The summed E-state index contributed by atoms with van der Waals surface area (Å²) in [6.07, 6.45) is 0. The molecule has 0 heterocycles. The van der Waals surface area contributed by atoms with Gasteiger partial charge in [-0.3, -0.25) is 10.8 Å². The van der Waals surface area contributed by atoms with Gasteiger partial charge >= 0.3 is 0 Å². The van der Waals surface area contributed by atoms with E-state index in [1.54, 1.807) is 18.2 Å². The Labute approximate surface area is 160 Å². The first kappa shape index (κ1) is 19.3. The van der Waals surface area contributed by atoms with Crippen molar-refractivity contribution in [3.63, 3.8) is 0 Å². The van der Waals surface area contributed by atoms with Crippen LogP contribution in [0, 0.1) is 5.41 Å². The van der Waals surface area contributed by atoms with Gasteiger partial charge < -0.3 is 15.2 Å². The van der Waals surface area contributed by atoms with Gasteiger partial charge in [-0.1, -0.05) is 41.6 Å². The molecule has 0 bridgehead atoms. The Morgan fingerprint density at radius 3 is 2.64 bits per heavy atom. The van der Waals surface area contributed by atoms with Crippen LogP contribution in [0.15, 0.2) is 42.5 Å². The lowest BCUT2D eigenvalue weighted by Gasteiger charge is -2.15. The van der Waals surface area contributed by atoms with E-state index < -0.39 is 0 Å². The molecule has 0 saturated carbocycles. The van der Waals surface area contributed by atoms with Crippen molar-refractivity contribution in [2.24, 2.45) is 11.6 Å². The number of halogens is 1. The third-order valence-corrected chi connectivity index (χ3v) is 4.31. The smallest absolute Gasteiger partial charge is 0.271 e. The second-order valence-corrected chi connectivity index (χ2v) is 6.66. The lowest BCUT2D eigenvalue weighted by molar-refractivity contribution is 0.282. The average molecular weight is 397 g/mol. The monoisotopic (exact) mass is 396 g/mol. The highest BCUT2D eigenvalue weighted by Gasteiger charge is 2.11. The van der Waals surface area contributed by atoms with Gasteiger partial charge in [-0.25, -0.2) is 5.84 Å². The number of hydrogen-bond donors (Lipinski definition) is 4. The molecule has 25 heavy (non-hydrogen) atoms. The van der Waals surface area contributed by atoms with Crippen LogP contribution in [0.2, 0.25) is 5.02 Å². The fourth-order valence-electron chi connectivity index (χ4n) is 1.94. The van der Waals surface area contributed by atoms with E-state index in [-0.39, 0.29) is 16.9 Å². The molecule has 0 spiro atoms. The van der Waals surface area contributed by atoms with Crippen molar-refractivity contribution in [2.45, 2.75) is 12.4 Å². The molecule has 132 valence electrons. The Balaban J connectivity index is 2.21. The molecule has 2 aromatic rings. The summed E-state index contributed by atoms with van der Waals surface area (Å²) in [5.74, 6) is 6.93. The number of thioether (sulfide) groups is 1. The van der Waals surface area contributed by atoms with E-state index in [4.69, 9.17) is 50.3 Å². The van der Waals surface area contributed by atoms with Crippen LogP contribution in [-0.2, 0) is 17.1 Å². The number of benzene rings is 2. The molecule has 0 unspecified atom stereocenters. The predicted octanol–water partition coefficient (Wildman–Crippen LogP) is 3.52. The van der Waals surface area contributed by atoms with Gasteiger partial charge in [-0.2, -0.15) is 0 Å². The van der Waals surface area contributed by atoms with Crippen LogP contribution >= 0.6 is 35.6 Å². The summed E-state index contributed by atoms with van der Waals surface area (Å²) in [6, 6.07) is 12.7. The van der Waals surface area contributed by atoms with Gasteiger partial charge in [0.1, 0.15) is 18.1 Å². The lowest BCUT2D eigenvalue weighted by Crippen LogP contribution is -2.30. The molecule has 0 saturated heterocycles. The first-order valence-corrected chi connectivity index (χ1v) is 8.91. The highest BCUT2D eigenvalue weighted by atomic mass is 35.5. The van der Waals surface area contributed by atoms with Crippen LogP contribution in [0.3, 0.4) is 0 Å². The topological polar surface area (TPSA) is 106 Å². The Kier molecular flexibility index (Phi) is 7.32. The number of para-hydroxylation sites is 1. The minimum Gasteiger partial charge on any atom is -0.465 e. The number of hydrazine groups is 1. The second-order valence-electron chi connectivity index (χ2n) is 4.84. The summed E-state index contributed by atoms with van der Waals surface area (Å²) in [5.41, 5.74) is 9.32. The fourth-order valence-corrected chi connectivity index (χ4v) is 2.73. The third-order valence-electron chi connectivity index (χ3n) is 3.07. The largest absolute Gasteiger partial charge is 0.465 e. The molecule has 0 radical (unpaired) electrons. The molecular weight excluding hydrogens is 380 g/mol.